The van der Waals surface area contributed by atoms with Crippen LogP contribution in [-0.2, 0) is 0 Å². The Morgan fingerprint density at radius 1 is 1.04 bits per heavy atom. The third kappa shape index (κ3) is 8.82. The van der Waals surface area contributed by atoms with Crippen LogP contribution in [0.1, 0.15) is 86.7 Å². The molecular weight excluding hydrogens is 594 g/mol. The van der Waals surface area contributed by atoms with Crippen LogP contribution in [0.15, 0.2) is 55.0 Å². The standard InChI is InChI=1S/C38H50F2N6O/c1-4-16-46(27(3)5-2)26-28-11-20-45(21-12-28)38(47)32-22-34(39)37(35(40)23-32)29-13-18-44(19-14-29)17-6-7-30-24-42-15-10-33(30)31-8-9-36(41)43-25-31/h6-10,15,22-25,27-29H,4-5,11-14,16-21,26H2,1-3H3,(H2,41,43). The molecule has 4 heterocycles. The predicted octanol–water partition coefficient (Wildman–Crippen LogP) is 7.26. The van der Waals surface area contributed by atoms with Gasteiger partial charge in [-0.2, -0.15) is 0 Å². The van der Waals surface area contributed by atoms with Crippen LogP contribution in [0.4, 0.5) is 14.6 Å². The molecule has 2 N–H and O–H groups in total. The minimum Gasteiger partial charge on any atom is -0.384 e. The summed E-state index contributed by atoms with van der Waals surface area (Å²) in [5.41, 5.74) is 8.95. The number of nitrogen functional groups attached to an aromatic ring is 1. The topological polar surface area (TPSA) is 78.6 Å². The highest BCUT2D eigenvalue weighted by atomic mass is 19.1. The summed E-state index contributed by atoms with van der Waals surface area (Å²) in [6, 6.07) is 8.75. The van der Waals surface area contributed by atoms with E-state index in [-0.39, 0.29) is 23.0 Å². The minimum absolute atomic E-state index is 0.113. The Hall–Kier alpha value is -3.69. The number of hydrogen-bond donors (Lipinski definition) is 1. The summed E-state index contributed by atoms with van der Waals surface area (Å²) in [6.45, 7) is 12.3. The molecule has 1 atom stereocenters. The van der Waals surface area contributed by atoms with Gasteiger partial charge < -0.3 is 15.5 Å². The Balaban J connectivity index is 1.13. The van der Waals surface area contributed by atoms with Crippen molar-refractivity contribution in [2.75, 3.05) is 51.5 Å². The first kappa shape index (κ1) is 34.6. The number of carbonyl (C=O) groups excluding carboxylic acids is 1. The smallest absolute Gasteiger partial charge is 0.254 e. The number of nitrogens with two attached hydrogens (primary N) is 1. The van der Waals surface area contributed by atoms with Gasteiger partial charge in [0, 0.05) is 73.1 Å². The van der Waals surface area contributed by atoms with E-state index in [0.29, 0.717) is 43.7 Å². The van der Waals surface area contributed by atoms with Crippen LogP contribution in [0.25, 0.3) is 17.2 Å². The summed E-state index contributed by atoms with van der Waals surface area (Å²) in [4.78, 5) is 28.4. The van der Waals surface area contributed by atoms with Gasteiger partial charge in [-0.1, -0.05) is 26.0 Å². The number of pyridine rings is 2. The predicted molar refractivity (Wildman–Crippen MR) is 186 cm³/mol. The maximum atomic E-state index is 15.4. The number of carbonyl (C=O) groups is 1. The van der Waals surface area contributed by atoms with Gasteiger partial charge >= 0.3 is 0 Å². The van der Waals surface area contributed by atoms with Crippen LogP contribution >= 0.6 is 0 Å². The molecule has 9 heteroatoms. The van der Waals surface area contributed by atoms with Gasteiger partial charge in [-0.15, -0.1) is 0 Å². The van der Waals surface area contributed by atoms with E-state index < -0.39 is 11.6 Å². The number of hydrogen-bond acceptors (Lipinski definition) is 6. The molecule has 1 aromatic carbocycles. The molecule has 5 rings (SSSR count). The van der Waals surface area contributed by atoms with E-state index in [0.717, 1.165) is 75.1 Å². The zero-order chi connectivity index (χ0) is 33.3. The molecule has 252 valence electrons. The van der Waals surface area contributed by atoms with Crippen molar-refractivity contribution in [1.29, 1.82) is 0 Å². The molecule has 2 aliphatic rings. The van der Waals surface area contributed by atoms with Crippen LogP contribution in [0.5, 0.6) is 0 Å². The quantitative estimate of drug-likeness (QED) is 0.224. The molecular formula is C38H50F2N6O. The molecule has 0 radical (unpaired) electrons. The van der Waals surface area contributed by atoms with Crippen molar-refractivity contribution in [1.82, 2.24) is 24.7 Å². The first-order valence-electron chi connectivity index (χ1n) is 17.3. The third-order valence-corrected chi connectivity index (χ3v) is 10.1. The monoisotopic (exact) mass is 644 g/mol. The Morgan fingerprint density at radius 3 is 2.40 bits per heavy atom. The maximum absolute atomic E-state index is 15.4. The molecule has 0 bridgehead atoms. The molecule has 0 aliphatic carbocycles. The highest BCUT2D eigenvalue weighted by Gasteiger charge is 2.29. The van der Waals surface area contributed by atoms with E-state index in [2.05, 4.69) is 52.7 Å². The Morgan fingerprint density at radius 2 is 1.77 bits per heavy atom. The van der Waals surface area contributed by atoms with E-state index in [1.807, 2.05) is 18.3 Å². The van der Waals surface area contributed by atoms with E-state index >= 15 is 8.78 Å². The molecule has 7 nitrogen and oxygen atoms in total. The normalized spacial score (nSPS) is 17.5. The van der Waals surface area contributed by atoms with Gasteiger partial charge in [0.15, 0.2) is 0 Å². The lowest BCUT2D eigenvalue weighted by Crippen LogP contribution is -2.43. The maximum Gasteiger partial charge on any atom is 0.254 e. The van der Waals surface area contributed by atoms with Crippen molar-refractivity contribution in [2.45, 2.75) is 71.3 Å². The molecule has 2 saturated heterocycles. The molecule has 47 heavy (non-hydrogen) atoms. The average Bonchev–Trinajstić information content (AvgIpc) is 3.08. The minimum atomic E-state index is -0.605. The number of amides is 1. The molecule has 1 unspecified atom stereocenters. The fourth-order valence-corrected chi connectivity index (χ4v) is 7.07. The molecule has 2 aliphatic heterocycles. The first-order chi connectivity index (χ1) is 22.8. The van der Waals surface area contributed by atoms with E-state index in [4.69, 9.17) is 5.73 Å². The van der Waals surface area contributed by atoms with E-state index in [1.165, 1.54) is 12.1 Å². The zero-order valence-electron chi connectivity index (χ0n) is 28.2. The number of likely N-dealkylation sites (tertiary alicyclic amines) is 2. The molecule has 0 spiro atoms. The van der Waals surface area contributed by atoms with Gasteiger partial charge in [0.25, 0.3) is 5.91 Å². The summed E-state index contributed by atoms with van der Waals surface area (Å²) in [5.74, 6) is -0.680. The van der Waals surface area contributed by atoms with E-state index in [1.54, 1.807) is 23.4 Å². The lowest BCUT2D eigenvalue weighted by Gasteiger charge is -2.37. The van der Waals surface area contributed by atoms with Crippen molar-refractivity contribution in [3.8, 4) is 11.1 Å². The number of halogens is 2. The number of piperidine rings is 2. The van der Waals surface area contributed by atoms with Crippen molar-refractivity contribution >= 4 is 17.8 Å². The number of nitrogens with zero attached hydrogens (tertiary/aromatic N) is 5. The molecule has 2 aromatic heterocycles. The fraction of sp³-hybridized carbons (Fsp3) is 0.500. The average molecular weight is 645 g/mol. The van der Waals surface area contributed by atoms with Gasteiger partial charge in [0.1, 0.15) is 17.5 Å². The Bertz CT molecular complexity index is 1470. The number of aromatic nitrogens is 2. The first-order valence-corrected chi connectivity index (χ1v) is 17.3. The summed E-state index contributed by atoms with van der Waals surface area (Å²) in [5, 5.41) is 0. The van der Waals surface area contributed by atoms with Crippen LogP contribution in [0, 0.1) is 17.6 Å². The van der Waals surface area contributed by atoms with Crippen molar-refractivity contribution in [3.63, 3.8) is 0 Å². The lowest BCUT2D eigenvalue weighted by molar-refractivity contribution is 0.0649. The second-order valence-corrected chi connectivity index (χ2v) is 13.3. The highest BCUT2D eigenvalue weighted by Crippen LogP contribution is 2.33. The summed E-state index contributed by atoms with van der Waals surface area (Å²) < 4.78 is 30.9. The van der Waals surface area contributed by atoms with Crippen molar-refractivity contribution in [2.24, 2.45) is 5.92 Å². The number of anilines is 1. The lowest BCUT2D eigenvalue weighted by atomic mass is 9.87. The number of benzene rings is 1. The summed E-state index contributed by atoms with van der Waals surface area (Å²) in [6.07, 6.45) is 14.9. The van der Waals surface area contributed by atoms with Gasteiger partial charge in [-0.25, -0.2) is 13.8 Å². The van der Waals surface area contributed by atoms with Gasteiger partial charge in [-0.05, 0) is 113 Å². The summed E-state index contributed by atoms with van der Waals surface area (Å²) >= 11 is 0. The fourth-order valence-electron chi connectivity index (χ4n) is 7.07. The SMILES string of the molecule is CCCN(CC1CCN(C(=O)c2cc(F)c(C3CCN(CC=Cc4cnccc4-c4ccc(N)nc4)CC3)c(F)c2)CC1)C(C)CC. The second kappa shape index (κ2) is 16.4. The molecule has 0 saturated carbocycles. The molecule has 3 aromatic rings. The highest BCUT2D eigenvalue weighted by molar-refractivity contribution is 5.94. The Kier molecular flexibility index (Phi) is 12.1. The van der Waals surface area contributed by atoms with Crippen LogP contribution in [-0.4, -0.2) is 82.4 Å². The van der Waals surface area contributed by atoms with Gasteiger partial charge in [0.05, 0.1) is 0 Å². The summed E-state index contributed by atoms with van der Waals surface area (Å²) in [7, 11) is 0. The molecule has 2 fully saturated rings. The molecule has 1 amide bonds. The van der Waals surface area contributed by atoms with Crippen LogP contribution < -0.4 is 5.73 Å². The van der Waals surface area contributed by atoms with Crippen molar-refractivity contribution in [3.05, 3.63) is 83.3 Å². The zero-order valence-corrected chi connectivity index (χ0v) is 28.2. The largest absolute Gasteiger partial charge is 0.384 e. The van der Waals surface area contributed by atoms with Gasteiger partial charge in [-0.3, -0.25) is 14.7 Å². The number of rotatable bonds is 12. The van der Waals surface area contributed by atoms with E-state index in [9.17, 15) is 4.79 Å². The third-order valence-electron chi connectivity index (χ3n) is 10.1. The van der Waals surface area contributed by atoms with Crippen LogP contribution in [0.2, 0.25) is 0 Å². The Labute approximate surface area is 278 Å². The van der Waals surface area contributed by atoms with Crippen LogP contribution in [0.3, 0.4) is 0 Å². The second-order valence-electron chi connectivity index (χ2n) is 13.3. The van der Waals surface area contributed by atoms with Gasteiger partial charge in [0.2, 0.25) is 0 Å². The van der Waals surface area contributed by atoms with Crippen molar-refractivity contribution < 1.29 is 13.6 Å².